The molecule has 0 bridgehead atoms. The quantitative estimate of drug-likeness (QED) is 0.614. The summed E-state index contributed by atoms with van der Waals surface area (Å²) in [6.45, 7) is 6.73. The van der Waals surface area contributed by atoms with Gasteiger partial charge in [-0.3, -0.25) is 4.79 Å². The molecule has 3 fully saturated rings. The zero-order valence-electron chi connectivity index (χ0n) is 13.4. The van der Waals surface area contributed by atoms with Gasteiger partial charge >= 0.3 is 0 Å². The van der Waals surface area contributed by atoms with Crippen LogP contribution in [0.15, 0.2) is 23.8 Å². The maximum absolute atomic E-state index is 12.6. The van der Waals surface area contributed by atoms with Crippen LogP contribution in [0.25, 0.3) is 0 Å². The molecule has 0 N–H and O–H groups in total. The number of fused-ring (bicyclic) bond motifs is 5. The Morgan fingerprint density at radius 2 is 2.14 bits per heavy atom. The van der Waals surface area contributed by atoms with Crippen molar-refractivity contribution < 1.29 is 4.79 Å². The molecular formula is C20H28O. The minimum absolute atomic E-state index is 0.0197. The van der Waals surface area contributed by atoms with Crippen molar-refractivity contribution in [1.29, 1.82) is 0 Å². The van der Waals surface area contributed by atoms with Gasteiger partial charge in [0.15, 0.2) is 0 Å². The molecule has 0 radical (unpaired) electrons. The summed E-state index contributed by atoms with van der Waals surface area (Å²) in [7, 11) is 0. The van der Waals surface area contributed by atoms with E-state index in [-0.39, 0.29) is 5.41 Å². The highest BCUT2D eigenvalue weighted by atomic mass is 16.1. The van der Waals surface area contributed by atoms with Gasteiger partial charge in [0.25, 0.3) is 0 Å². The molecule has 0 unspecified atom stereocenters. The molecule has 4 aliphatic carbocycles. The highest BCUT2D eigenvalue weighted by Crippen LogP contribution is 2.63. The Morgan fingerprint density at radius 3 is 2.95 bits per heavy atom. The lowest BCUT2D eigenvalue weighted by molar-refractivity contribution is -0.130. The Balaban J connectivity index is 1.72. The van der Waals surface area contributed by atoms with E-state index >= 15 is 0 Å². The lowest BCUT2D eigenvalue weighted by Gasteiger charge is -2.54. The molecule has 0 saturated heterocycles. The van der Waals surface area contributed by atoms with Gasteiger partial charge in [-0.25, -0.2) is 0 Å². The average Bonchev–Trinajstić information content (AvgIpc) is 2.84. The summed E-state index contributed by atoms with van der Waals surface area (Å²) in [4.78, 5) is 12.6. The summed E-state index contributed by atoms with van der Waals surface area (Å²) in [6, 6.07) is 0. The van der Waals surface area contributed by atoms with E-state index in [9.17, 15) is 4.79 Å². The van der Waals surface area contributed by atoms with Crippen LogP contribution in [0, 0.1) is 29.1 Å². The fourth-order valence-electron chi connectivity index (χ4n) is 6.49. The largest absolute Gasteiger partial charge is 0.299 e. The van der Waals surface area contributed by atoms with Crippen LogP contribution in [0.5, 0.6) is 0 Å². The predicted molar refractivity (Wildman–Crippen MR) is 85.9 cm³/mol. The van der Waals surface area contributed by atoms with Crippen molar-refractivity contribution in [2.24, 2.45) is 29.1 Å². The number of rotatable bonds is 1. The molecule has 5 atom stereocenters. The summed E-state index contributed by atoms with van der Waals surface area (Å²) in [5.41, 5.74) is 3.14. The van der Waals surface area contributed by atoms with Gasteiger partial charge in [-0.15, -0.1) is 0 Å². The average molecular weight is 284 g/mol. The van der Waals surface area contributed by atoms with E-state index in [1.54, 1.807) is 5.57 Å². The molecule has 0 heterocycles. The molecule has 1 heteroatoms. The molecule has 0 amide bonds. The Labute approximate surface area is 128 Å². The van der Waals surface area contributed by atoms with Crippen LogP contribution in [0.2, 0.25) is 0 Å². The number of ketones is 1. The van der Waals surface area contributed by atoms with E-state index in [0.29, 0.717) is 17.6 Å². The molecule has 0 spiro atoms. The first-order valence-electron chi connectivity index (χ1n) is 9.07. The molecule has 0 aliphatic heterocycles. The van der Waals surface area contributed by atoms with Crippen molar-refractivity contribution in [2.75, 3.05) is 0 Å². The lowest BCUT2D eigenvalue weighted by atomic mass is 9.50. The van der Waals surface area contributed by atoms with Crippen LogP contribution in [0.3, 0.4) is 0 Å². The smallest absolute Gasteiger partial charge is 0.139 e. The van der Waals surface area contributed by atoms with E-state index in [1.165, 1.54) is 37.7 Å². The van der Waals surface area contributed by atoms with E-state index in [0.717, 1.165) is 37.5 Å². The fourth-order valence-corrected chi connectivity index (χ4v) is 6.49. The molecule has 0 aromatic heterocycles. The van der Waals surface area contributed by atoms with Crippen molar-refractivity contribution in [3.05, 3.63) is 23.8 Å². The van der Waals surface area contributed by atoms with Crippen molar-refractivity contribution >= 4 is 5.78 Å². The van der Waals surface area contributed by atoms with Gasteiger partial charge in [-0.2, -0.15) is 0 Å². The first-order valence-corrected chi connectivity index (χ1v) is 9.07. The third kappa shape index (κ3) is 1.79. The number of hydrogen-bond acceptors (Lipinski definition) is 1. The van der Waals surface area contributed by atoms with Gasteiger partial charge < -0.3 is 0 Å². The highest BCUT2D eigenvalue weighted by Gasteiger charge is 2.58. The van der Waals surface area contributed by atoms with Crippen molar-refractivity contribution in [1.82, 2.24) is 0 Å². The SMILES string of the molecule is C=C1C[C@]2(CC)C(=O)CC[C@@H]2[C@@H]2CCC3=CCCC[C@@H]3[C@@H]12. The standard InChI is InChI=1S/C20H28O/c1-3-20-12-13(2)19-15-7-5-4-6-14(15)8-9-16(19)17(20)10-11-18(20)21/h6,15-17,19H,2-5,7-12H2,1H3/t15-,16-,17+,19+,20-/m0/s1. The topological polar surface area (TPSA) is 17.1 Å². The summed E-state index contributed by atoms with van der Waals surface area (Å²) in [6.07, 6.45) is 13.2. The second-order valence-corrected chi connectivity index (χ2v) is 7.96. The van der Waals surface area contributed by atoms with Crippen LogP contribution >= 0.6 is 0 Å². The molecule has 21 heavy (non-hydrogen) atoms. The molecule has 0 aromatic rings. The summed E-state index contributed by atoms with van der Waals surface area (Å²) in [5, 5.41) is 0. The predicted octanol–water partition coefficient (Wildman–Crippen LogP) is 5.07. The van der Waals surface area contributed by atoms with Gasteiger partial charge in [0.1, 0.15) is 5.78 Å². The monoisotopic (exact) mass is 284 g/mol. The Hall–Kier alpha value is -0.850. The summed E-state index contributed by atoms with van der Waals surface area (Å²) < 4.78 is 0. The molecule has 114 valence electrons. The molecule has 0 aromatic carbocycles. The minimum atomic E-state index is -0.0197. The third-order valence-electron chi connectivity index (χ3n) is 7.37. The van der Waals surface area contributed by atoms with Crippen molar-refractivity contribution in [3.8, 4) is 0 Å². The second kappa shape index (κ2) is 4.83. The van der Waals surface area contributed by atoms with Gasteiger partial charge in [-0.05, 0) is 75.0 Å². The minimum Gasteiger partial charge on any atom is -0.299 e. The van der Waals surface area contributed by atoms with Crippen LogP contribution in [-0.2, 0) is 4.79 Å². The lowest BCUT2D eigenvalue weighted by Crippen LogP contribution is -2.48. The molecular weight excluding hydrogens is 256 g/mol. The van der Waals surface area contributed by atoms with Crippen molar-refractivity contribution in [3.63, 3.8) is 0 Å². The van der Waals surface area contributed by atoms with Crippen LogP contribution < -0.4 is 0 Å². The van der Waals surface area contributed by atoms with Crippen LogP contribution in [0.1, 0.15) is 64.7 Å². The van der Waals surface area contributed by atoms with Gasteiger partial charge in [-0.1, -0.05) is 30.7 Å². The number of hydrogen-bond donors (Lipinski definition) is 0. The Kier molecular flexibility index (Phi) is 3.17. The Morgan fingerprint density at radius 1 is 1.29 bits per heavy atom. The molecule has 4 aliphatic rings. The van der Waals surface area contributed by atoms with Crippen molar-refractivity contribution in [2.45, 2.75) is 64.7 Å². The van der Waals surface area contributed by atoms with Gasteiger partial charge in [0.2, 0.25) is 0 Å². The van der Waals surface area contributed by atoms with E-state index in [1.807, 2.05) is 0 Å². The molecule has 1 nitrogen and oxygen atoms in total. The summed E-state index contributed by atoms with van der Waals surface area (Å²) >= 11 is 0. The number of carbonyl (C=O) groups is 1. The van der Waals surface area contributed by atoms with Crippen LogP contribution in [0.4, 0.5) is 0 Å². The first kappa shape index (κ1) is 13.8. The zero-order valence-corrected chi connectivity index (χ0v) is 13.4. The third-order valence-corrected chi connectivity index (χ3v) is 7.37. The Bertz CT molecular complexity index is 514. The number of Topliss-reactive ketones (excluding diaryl/α,β-unsaturated/α-hetero) is 1. The van der Waals surface area contributed by atoms with E-state index < -0.39 is 0 Å². The first-order chi connectivity index (χ1) is 10.2. The summed E-state index contributed by atoms with van der Waals surface area (Å²) in [5.74, 6) is 3.43. The number of allylic oxidation sites excluding steroid dienone is 3. The molecule has 4 rings (SSSR count). The van der Waals surface area contributed by atoms with Crippen LogP contribution in [-0.4, -0.2) is 5.78 Å². The van der Waals surface area contributed by atoms with Gasteiger partial charge in [0, 0.05) is 11.8 Å². The second-order valence-electron chi connectivity index (χ2n) is 7.96. The number of carbonyl (C=O) groups excluding carboxylic acids is 1. The van der Waals surface area contributed by atoms with Gasteiger partial charge in [0.05, 0.1) is 0 Å². The fraction of sp³-hybridized carbons (Fsp3) is 0.750. The normalized spacial score (nSPS) is 45.7. The maximum atomic E-state index is 12.6. The van der Waals surface area contributed by atoms with E-state index in [4.69, 9.17) is 0 Å². The van der Waals surface area contributed by atoms with E-state index in [2.05, 4.69) is 19.6 Å². The molecule has 3 saturated carbocycles. The zero-order chi connectivity index (χ0) is 14.6. The highest BCUT2D eigenvalue weighted by molar-refractivity contribution is 5.88. The maximum Gasteiger partial charge on any atom is 0.139 e.